The van der Waals surface area contributed by atoms with Crippen LogP contribution in [0.3, 0.4) is 0 Å². The standard InChI is InChI=1S/C10H12N2O/c11-6-2-4-8-3-1-5-9-10(8)12-7-13-9/h1,3,5,7H,2,4,6,11H2. The van der Waals surface area contributed by atoms with Crippen molar-refractivity contribution in [3.8, 4) is 0 Å². The lowest BCUT2D eigenvalue weighted by atomic mass is 10.1. The summed E-state index contributed by atoms with van der Waals surface area (Å²) in [5.74, 6) is 0. The van der Waals surface area contributed by atoms with Gasteiger partial charge < -0.3 is 10.2 Å². The van der Waals surface area contributed by atoms with Crippen molar-refractivity contribution < 1.29 is 4.42 Å². The number of rotatable bonds is 3. The first-order valence-electron chi connectivity index (χ1n) is 4.43. The van der Waals surface area contributed by atoms with Crippen molar-refractivity contribution in [1.29, 1.82) is 0 Å². The zero-order valence-electron chi connectivity index (χ0n) is 7.36. The molecule has 0 amide bonds. The first-order chi connectivity index (χ1) is 6.42. The van der Waals surface area contributed by atoms with E-state index in [1.54, 1.807) is 0 Å². The third kappa shape index (κ3) is 1.55. The molecule has 1 aromatic heterocycles. The smallest absolute Gasteiger partial charge is 0.181 e. The molecule has 0 atom stereocenters. The Bertz CT molecular complexity index is 394. The number of nitrogens with two attached hydrogens (primary N) is 1. The maximum atomic E-state index is 5.45. The van der Waals surface area contributed by atoms with E-state index < -0.39 is 0 Å². The summed E-state index contributed by atoms with van der Waals surface area (Å²) >= 11 is 0. The van der Waals surface area contributed by atoms with Gasteiger partial charge in [-0.2, -0.15) is 0 Å². The molecule has 0 bridgehead atoms. The molecule has 0 saturated carbocycles. The quantitative estimate of drug-likeness (QED) is 0.774. The lowest BCUT2D eigenvalue weighted by Gasteiger charge is -1.98. The number of aromatic nitrogens is 1. The number of benzene rings is 1. The first kappa shape index (κ1) is 8.26. The molecule has 0 aliphatic rings. The van der Waals surface area contributed by atoms with Crippen LogP contribution in [0.1, 0.15) is 12.0 Å². The summed E-state index contributed by atoms with van der Waals surface area (Å²) in [7, 11) is 0. The summed E-state index contributed by atoms with van der Waals surface area (Å²) in [6.45, 7) is 0.717. The molecule has 1 aromatic carbocycles. The number of nitrogens with zero attached hydrogens (tertiary/aromatic N) is 1. The van der Waals surface area contributed by atoms with E-state index >= 15 is 0 Å². The zero-order chi connectivity index (χ0) is 9.10. The molecule has 2 N–H and O–H groups in total. The van der Waals surface area contributed by atoms with Gasteiger partial charge in [-0.1, -0.05) is 12.1 Å². The molecule has 0 aliphatic heterocycles. The molecule has 68 valence electrons. The molecule has 0 aliphatic carbocycles. The minimum atomic E-state index is 0.717. The molecule has 2 aromatic rings. The Balaban J connectivity index is 2.37. The second kappa shape index (κ2) is 3.58. The summed E-state index contributed by atoms with van der Waals surface area (Å²) in [6.07, 6.45) is 3.45. The molecule has 0 fully saturated rings. The molecule has 2 rings (SSSR count). The van der Waals surface area contributed by atoms with Crippen LogP contribution in [0.25, 0.3) is 11.1 Å². The fourth-order valence-corrected chi connectivity index (χ4v) is 1.44. The molecule has 3 heteroatoms. The second-order valence-corrected chi connectivity index (χ2v) is 3.01. The van der Waals surface area contributed by atoms with Crippen LogP contribution >= 0.6 is 0 Å². The fraction of sp³-hybridized carbons (Fsp3) is 0.300. The Kier molecular flexibility index (Phi) is 2.27. The third-order valence-corrected chi connectivity index (χ3v) is 2.09. The van der Waals surface area contributed by atoms with E-state index in [0.717, 1.165) is 23.9 Å². The molecular weight excluding hydrogens is 164 g/mol. The number of fused-ring (bicyclic) bond motifs is 1. The van der Waals surface area contributed by atoms with Gasteiger partial charge in [-0.05, 0) is 31.0 Å². The van der Waals surface area contributed by atoms with Crippen LogP contribution in [0.5, 0.6) is 0 Å². The van der Waals surface area contributed by atoms with Crippen LogP contribution in [0.15, 0.2) is 29.0 Å². The van der Waals surface area contributed by atoms with E-state index in [4.69, 9.17) is 10.2 Å². The largest absolute Gasteiger partial charge is 0.443 e. The van der Waals surface area contributed by atoms with Crippen molar-refractivity contribution in [2.45, 2.75) is 12.8 Å². The number of hydrogen-bond acceptors (Lipinski definition) is 3. The minimum Gasteiger partial charge on any atom is -0.443 e. The highest BCUT2D eigenvalue weighted by Crippen LogP contribution is 2.17. The van der Waals surface area contributed by atoms with Crippen LogP contribution in [0.4, 0.5) is 0 Å². The fourth-order valence-electron chi connectivity index (χ4n) is 1.44. The zero-order valence-corrected chi connectivity index (χ0v) is 7.36. The van der Waals surface area contributed by atoms with Gasteiger partial charge in [0.15, 0.2) is 12.0 Å². The Hall–Kier alpha value is -1.35. The van der Waals surface area contributed by atoms with Gasteiger partial charge in [0.05, 0.1) is 0 Å². The Labute approximate surface area is 76.6 Å². The summed E-state index contributed by atoms with van der Waals surface area (Å²) < 4.78 is 5.20. The normalized spacial score (nSPS) is 10.8. The van der Waals surface area contributed by atoms with E-state index in [0.29, 0.717) is 6.54 Å². The van der Waals surface area contributed by atoms with Gasteiger partial charge in [0, 0.05) is 0 Å². The molecular formula is C10H12N2O. The molecule has 0 radical (unpaired) electrons. The number of para-hydroxylation sites is 1. The lowest BCUT2D eigenvalue weighted by molar-refractivity contribution is 0.602. The monoisotopic (exact) mass is 176 g/mol. The molecule has 0 unspecified atom stereocenters. The highest BCUT2D eigenvalue weighted by Gasteiger charge is 2.03. The minimum absolute atomic E-state index is 0.717. The maximum absolute atomic E-state index is 5.45. The lowest BCUT2D eigenvalue weighted by Crippen LogP contribution is -2.00. The second-order valence-electron chi connectivity index (χ2n) is 3.01. The van der Waals surface area contributed by atoms with Gasteiger partial charge in [-0.25, -0.2) is 4.98 Å². The van der Waals surface area contributed by atoms with Crippen LogP contribution in [0.2, 0.25) is 0 Å². The Morgan fingerprint density at radius 2 is 2.31 bits per heavy atom. The average Bonchev–Trinajstić information content (AvgIpc) is 2.62. The van der Waals surface area contributed by atoms with Gasteiger partial charge in [0.2, 0.25) is 0 Å². The summed E-state index contributed by atoms with van der Waals surface area (Å²) in [6, 6.07) is 5.98. The topological polar surface area (TPSA) is 52.0 Å². The molecule has 3 nitrogen and oxygen atoms in total. The summed E-state index contributed by atoms with van der Waals surface area (Å²) in [5.41, 5.74) is 8.50. The van der Waals surface area contributed by atoms with Gasteiger partial charge in [0.25, 0.3) is 0 Å². The van der Waals surface area contributed by atoms with E-state index in [1.165, 1.54) is 12.0 Å². The van der Waals surface area contributed by atoms with Crippen molar-refractivity contribution in [3.05, 3.63) is 30.2 Å². The van der Waals surface area contributed by atoms with Crippen molar-refractivity contribution in [3.63, 3.8) is 0 Å². The van der Waals surface area contributed by atoms with Gasteiger partial charge >= 0.3 is 0 Å². The molecule has 1 heterocycles. The Morgan fingerprint density at radius 3 is 3.15 bits per heavy atom. The van der Waals surface area contributed by atoms with Crippen LogP contribution in [-0.4, -0.2) is 11.5 Å². The summed E-state index contributed by atoms with van der Waals surface area (Å²) in [5, 5.41) is 0. The van der Waals surface area contributed by atoms with E-state index in [2.05, 4.69) is 11.1 Å². The first-order valence-corrected chi connectivity index (χ1v) is 4.43. The molecule has 13 heavy (non-hydrogen) atoms. The van der Waals surface area contributed by atoms with Gasteiger partial charge in [-0.3, -0.25) is 0 Å². The number of hydrogen-bond donors (Lipinski definition) is 1. The van der Waals surface area contributed by atoms with Gasteiger partial charge in [-0.15, -0.1) is 0 Å². The average molecular weight is 176 g/mol. The van der Waals surface area contributed by atoms with Crippen molar-refractivity contribution in [2.75, 3.05) is 6.54 Å². The van der Waals surface area contributed by atoms with E-state index in [-0.39, 0.29) is 0 Å². The Morgan fingerprint density at radius 1 is 1.38 bits per heavy atom. The van der Waals surface area contributed by atoms with Crippen LogP contribution < -0.4 is 5.73 Å². The number of aryl methyl sites for hydroxylation is 1. The maximum Gasteiger partial charge on any atom is 0.181 e. The van der Waals surface area contributed by atoms with Crippen molar-refractivity contribution in [1.82, 2.24) is 4.98 Å². The SMILES string of the molecule is NCCCc1cccc2ocnc12. The summed E-state index contributed by atoms with van der Waals surface area (Å²) in [4.78, 5) is 4.16. The predicted molar refractivity (Wildman–Crippen MR) is 51.4 cm³/mol. The van der Waals surface area contributed by atoms with Crippen LogP contribution in [-0.2, 0) is 6.42 Å². The van der Waals surface area contributed by atoms with Crippen molar-refractivity contribution in [2.24, 2.45) is 5.73 Å². The third-order valence-electron chi connectivity index (χ3n) is 2.09. The molecule has 0 spiro atoms. The van der Waals surface area contributed by atoms with E-state index in [9.17, 15) is 0 Å². The highest BCUT2D eigenvalue weighted by molar-refractivity contribution is 5.75. The highest BCUT2D eigenvalue weighted by atomic mass is 16.3. The number of oxazole rings is 1. The van der Waals surface area contributed by atoms with Gasteiger partial charge in [0.1, 0.15) is 5.52 Å². The molecule has 0 saturated heterocycles. The van der Waals surface area contributed by atoms with Crippen molar-refractivity contribution >= 4 is 11.1 Å². The van der Waals surface area contributed by atoms with E-state index in [1.807, 2.05) is 12.1 Å². The predicted octanol–water partition coefficient (Wildman–Crippen LogP) is 1.72. The van der Waals surface area contributed by atoms with Crippen LogP contribution in [0, 0.1) is 0 Å².